The molecule has 0 saturated heterocycles. The van der Waals surface area contributed by atoms with Crippen molar-refractivity contribution in [1.29, 1.82) is 0 Å². The lowest BCUT2D eigenvalue weighted by atomic mass is 10.1. The van der Waals surface area contributed by atoms with Crippen molar-refractivity contribution in [1.82, 2.24) is 20.1 Å². The Bertz CT molecular complexity index is 639. The number of carbonyl (C=O) groups is 1. The van der Waals surface area contributed by atoms with E-state index in [9.17, 15) is 14.9 Å². The van der Waals surface area contributed by atoms with Gasteiger partial charge in [0.15, 0.2) is 0 Å². The number of nitro groups is 1. The molecule has 1 N–H and O–H groups in total. The van der Waals surface area contributed by atoms with Gasteiger partial charge in [-0.25, -0.2) is 4.98 Å². The zero-order valence-electron chi connectivity index (χ0n) is 11.0. The summed E-state index contributed by atoms with van der Waals surface area (Å²) in [6.07, 6.45) is 1.34. The summed E-state index contributed by atoms with van der Waals surface area (Å²) in [5.74, 6) is 0.0768. The fourth-order valence-electron chi connectivity index (χ4n) is 1.88. The van der Waals surface area contributed by atoms with Crippen molar-refractivity contribution in [2.75, 3.05) is 7.05 Å². The number of benzene rings is 1. The fraction of sp³-hybridized carbons (Fsp3) is 0.250. The largest absolute Gasteiger partial charge is 0.334 e. The van der Waals surface area contributed by atoms with Gasteiger partial charge in [0, 0.05) is 12.6 Å². The third kappa shape index (κ3) is 2.63. The van der Waals surface area contributed by atoms with Crippen molar-refractivity contribution in [2.24, 2.45) is 0 Å². The maximum absolute atomic E-state index is 12.3. The van der Waals surface area contributed by atoms with Crippen molar-refractivity contribution in [3.8, 4) is 0 Å². The molecule has 0 saturated carbocycles. The second-order valence-electron chi connectivity index (χ2n) is 4.32. The van der Waals surface area contributed by atoms with Crippen LogP contribution in [0.4, 0.5) is 5.69 Å². The number of aromatic nitrogens is 3. The smallest absolute Gasteiger partial charge is 0.285 e. The van der Waals surface area contributed by atoms with Gasteiger partial charge >= 0.3 is 0 Å². The Balaban J connectivity index is 2.29. The highest BCUT2D eigenvalue weighted by Crippen LogP contribution is 2.24. The summed E-state index contributed by atoms with van der Waals surface area (Å²) in [5, 5.41) is 17.4. The lowest BCUT2D eigenvalue weighted by molar-refractivity contribution is -0.385. The Kier molecular flexibility index (Phi) is 3.74. The Hall–Kier alpha value is -2.77. The molecule has 1 aromatic carbocycles. The molecule has 0 bridgehead atoms. The molecule has 1 heterocycles. The van der Waals surface area contributed by atoms with Crippen LogP contribution in [0.5, 0.6) is 0 Å². The average Bonchev–Trinajstić information content (AvgIpc) is 2.89. The topological polar surface area (TPSA) is 105 Å². The number of para-hydroxylation sites is 1. The third-order valence-corrected chi connectivity index (χ3v) is 2.85. The van der Waals surface area contributed by atoms with E-state index in [0.717, 1.165) is 0 Å². The predicted octanol–water partition coefficient (Wildman–Crippen LogP) is 1.29. The van der Waals surface area contributed by atoms with Gasteiger partial charge in [0.05, 0.1) is 11.5 Å². The quantitative estimate of drug-likeness (QED) is 0.668. The van der Waals surface area contributed by atoms with Crippen LogP contribution >= 0.6 is 0 Å². The van der Waals surface area contributed by atoms with Gasteiger partial charge in [0.1, 0.15) is 17.7 Å². The van der Waals surface area contributed by atoms with Crippen LogP contribution in [0.1, 0.15) is 21.7 Å². The first-order valence-electron chi connectivity index (χ1n) is 5.84. The molecule has 0 radical (unpaired) electrons. The highest BCUT2D eigenvalue weighted by molar-refractivity contribution is 5.98. The van der Waals surface area contributed by atoms with Crippen LogP contribution < -0.4 is 0 Å². The van der Waals surface area contributed by atoms with Crippen molar-refractivity contribution in [3.63, 3.8) is 0 Å². The zero-order valence-corrected chi connectivity index (χ0v) is 11.0. The minimum atomic E-state index is -0.537. The lowest BCUT2D eigenvalue weighted by Crippen LogP contribution is -2.27. The van der Waals surface area contributed by atoms with E-state index in [1.54, 1.807) is 26.1 Å². The molecular weight excluding hydrogens is 262 g/mol. The number of hydrogen-bond donors (Lipinski definition) is 1. The number of H-pyrrole nitrogens is 1. The number of aryl methyl sites for hydroxylation is 1. The summed E-state index contributed by atoms with van der Waals surface area (Å²) in [6, 6.07) is 4.67. The molecule has 104 valence electrons. The van der Waals surface area contributed by atoms with Gasteiger partial charge in [-0.1, -0.05) is 12.1 Å². The van der Waals surface area contributed by atoms with Crippen LogP contribution in [0.3, 0.4) is 0 Å². The van der Waals surface area contributed by atoms with E-state index >= 15 is 0 Å². The summed E-state index contributed by atoms with van der Waals surface area (Å²) < 4.78 is 0. The molecule has 8 heteroatoms. The van der Waals surface area contributed by atoms with Gasteiger partial charge in [-0.15, -0.1) is 0 Å². The molecule has 0 unspecified atom stereocenters. The van der Waals surface area contributed by atoms with Gasteiger partial charge in [-0.05, 0) is 13.0 Å². The van der Waals surface area contributed by atoms with Crippen molar-refractivity contribution in [3.05, 3.63) is 51.6 Å². The van der Waals surface area contributed by atoms with Crippen molar-refractivity contribution < 1.29 is 9.72 Å². The molecule has 0 aliphatic rings. The van der Waals surface area contributed by atoms with E-state index in [0.29, 0.717) is 11.4 Å². The fourth-order valence-corrected chi connectivity index (χ4v) is 1.88. The number of nitrogens with one attached hydrogen (secondary N) is 1. The summed E-state index contributed by atoms with van der Waals surface area (Å²) in [7, 11) is 1.55. The number of hydrogen-bond acceptors (Lipinski definition) is 5. The second-order valence-corrected chi connectivity index (χ2v) is 4.32. The van der Waals surface area contributed by atoms with E-state index in [1.165, 1.54) is 17.3 Å². The van der Waals surface area contributed by atoms with E-state index in [2.05, 4.69) is 15.2 Å². The van der Waals surface area contributed by atoms with Crippen LogP contribution in [-0.2, 0) is 6.54 Å². The molecule has 1 amide bonds. The number of aromatic amines is 1. The highest BCUT2D eigenvalue weighted by Gasteiger charge is 2.25. The summed E-state index contributed by atoms with van der Waals surface area (Å²) in [4.78, 5) is 28.1. The van der Waals surface area contributed by atoms with Gasteiger partial charge < -0.3 is 4.90 Å². The van der Waals surface area contributed by atoms with Gasteiger partial charge in [0.2, 0.25) is 0 Å². The monoisotopic (exact) mass is 275 g/mol. The first-order valence-corrected chi connectivity index (χ1v) is 5.84. The van der Waals surface area contributed by atoms with Crippen LogP contribution in [0.25, 0.3) is 0 Å². The molecule has 8 nitrogen and oxygen atoms in total. The van der Waals surface area contributed by atoms with E-state index in [4.69, 9.17) is 0 Å². The Morgan fingerprint density at radius 1 is 1.50 bits per heavy atom. The minimum Gasteiger partial charge on any atom is -0.334 e. The van der Waals surface area contributed by atoms with Crippen molar-refractivity contribution in [2.45, 2.75) is 13.5 Å². The molecule has 0 atom stereocenters. The Morgan fingerprint density at radius 2 is 2.25 bits per heavy atom. The Labute approximate surface area is 114 Å². The predicted molar refractivity (Wildman–Crippen MR) is 70.0 cm³/mol. The lowest BCUT2D eigenvalue weighted by Gasteiger charge is -2.16. The summed E-state index contributed by atoms with van der Waals surface area (Å²) >= 11 is 0. The molecule has 0 aliphatic carbocycles. The van der Waals surface area contributed by atoms with E-state index in [1.807, 2.05) is 0 Å². The van der Waals surface area contributed by atoms with Gasteiger partial charge in [-0.3, -0.25) is 20.0 Å². The third-order valence-electron chi connectivity index (χ3n) is 2.85. The molecular formula is C12H13N5O3. The van der Waals surface area contributed by atoms with E-state index in [-0.39, 0.29) is 17.8 Å². The molecule has 0 fully saturated rings. The summed E-state index contributed by atoms with van der Waals surface area (Å²) in [6.45, 7) is 1.80. The van der Waals surface area contributed by atoms with Crippen LogP contribution in [0.2, 0.25) is 0 Å². The molecule has 2 aromatic rings. The number of carbonyl (C=O) groups excluding carboxylic acids is 1. The first-order chi connectivity index (χ1) is 9.50. The minimum absolute atomic E-state index is 0.0667. The van der Waals surface area contributed by atoms with Gasteiger partial charge in [-0.2, -0.15) is 5.10 Å². The normalized spacial score (nSPS) is 10.3. The molecule has 0 aliphatic heterocycles. The maximum Gasteiger partial charge on any atom is 0.285 e. The number of amides is 1. The summed E-state index contributed by atoms with van der Waals surface area (Å²) in [5.41, 5.74) is 0.354. The number of nitro benzene ring substituents is 1. The van der Waals surface area contributed by atoms with Crippen LogP contribution in [0.15, 0.2) is 24.5 Å². The van der Waals surface area contributed by atoms with Crippen LogP contribution in [-0.4, -0.2) is 38.0 Å². The number of rotatable bonds is 4. The Morgan fingerprint density at radius 3 is 2.85 bits per heavy atom. The first kappa shape index (κ1) is 13.7. The zero-order chi connectivity index (χ0) is 14.7. The second kappa shape index (κ2) is 5.47. The van der Waals surface area contributed by atoms with Crippen LogP contribution in [0, 0.1) is 17.0 Å². The molecule has 0 spiro atoms. The number of nitrogens with zero attached hydrogens (tertiary/aromatic N) is 4. The SMILES string of the molecule is Cc1cccc(C(=O)N(C)Cc2ncn[nH]2)c1[N+](=O)[O-]. The maximum atomic E-state index is 12.3. The highest BCUT2D eigenvalue weighted by atomic mass is 16.6. The van der Waals surface area contributed by atoms with Gasteiger partial charge in [0.25, 0.3) is 11.6 Å². The van der Waals surface area contributed by atoms with E-state index < -0.39 is 10.8 Å². The van der Waals surface area contributed by atoms with Crippen molar-refractivity contribution >= 4 is 11.6 Å². The average molecular weight is 275 g/mol. The molecule has 20 heavy (non-hydrogen) atoms. The standard InChI is InChI=1S/C12H13N5O3/c1-8-4-3-5-9(11(8)17(19)20)12(18)16(2)6-10-13-7-14-15-10/h3-5,7H,6H2,1-2H3,(H,13,14,15). The molecule has 1 aromatic heterocycles. The molecule has 2 rings (SSSR count).